The van der Waals surface area contributed by atoms with Crippen molar-refractivity contribution in [3.8, 4) is 0 Å². The molecule has 0 bridgehead atoms. The molecule has 1 amide bonds. The van der Waals surface area contributed by atoms with Crippen molar-refractivity contribution in [2.75, 3.05) is 0 Å². The van der Waals surface area contributed by atoms with Crippen LogP contribution in [0.5, 0.6) is 0 Å². The van der Waals surface area contributed by atoms with E-state index in [1.165, 1.54) is 0 Å². The van der Waals surface area contributed by atoms with Gasteiger partial charge < -0.3 is 9.88 Å². The molecule has 0 saturated carbocycles. The molecule has 0 aliphatic carbocycles. The van der Waals surface area contributed by atoms with Gasteiger partial charge in [0.1, 0.15) is 11.6 Å². The predicted molar refractivity (Wildman–Crippen MR) is 93.2 cm³/mol. The van der Waals surface area contributed by atoms with Crippen LogP contribution in [0.4, 0.5) is 13.2 Å². The van der Waals surface area contributed by atoms with E-state index < -0.39 is 34.8 Å². The Balaban J connectivity index is 2.18. The fourth-order valence-electron chi connectivity index (χ4n) is 2.43. The normalized spacial score (nSPS) is 12.7. The van der Waals surface area contributed by atoms with E-state index in [1.54, 1.807) is 6.92 Å². The second-order valence-corrected chi connectivity index (χ2v) is 6.55. The van der Waals surface area contributed by atoms with E-state index >= 15 is 0 Å². The Morgan fingerprint density at radius 2 is 1.88 bits per heavy atom. The van der Waals surface area contributed by atoms with E-state index in [1.807, 2.05) is 32.0 Å². The van der Waals surface area contributed by atoms with Gasteiger partial charge in [-0.2, -0.15) is 13.2 Å². The van der Waals surface area contributed by atoms with E-state index in [2.05, 4.69) is 5.32 Å². The molecule has 26 heavy (non-hydrogen) atoms. The number of carbonyl (C=O) groups is 1. The number of hydrogen-bond donors (Lipinski definition) is 1. The van der Waals surface area contributed by atoms with Gasteiger partial charge >= 0.3 is 6.18 Å². The van der Waals surface area contributed by atoms with E-state index in [0.29, 0.717) is 16.8 Å². The first-order valence-corrected chi connectivity index (χ1v) is 8.20. The van der Waals surface area contributed by atoms with Gasteiger partial charge in [-0.3, -0.25) is 9.59 Å². The molecule has 0 spiro atoms. The Morgan fingerprint density at radius 3 is 2.46 bits per heavy atom. The molecule has 2 rings (SSSR count). The second-order valence-electron chi connectivity index (χ2n) is 6.14. The van der Waals surface area contributed by atoms with Crippen molar-refractivity contribution in [3.63, 3.8) is 0 Å². The molecular formula is C18H18ClF3N2O2. The Hall–Kier alpha value is -2.28. The summed E-state index contributed by atoms with van der Waals surface area (Å²) in [5.41, 5.74) is 1.09. The molecule has 0 fully saturated rings. The molecule has 1 aromatic carbocycles. The van der Waals surface area contributed by atoms with Crippen LogP contribution in [0.25, 0.3) is 0 Å². The van der Waals surface area contributed by atoms with Crippen molar-refractivity contribution in [2.45, 2.75) is 39.5 Å². The van der Waals surface area contributed by atoms with Gasteiger partial charge in [-0.15, -0.1) is 0 Å². The van der Waals surface area contributed by atoms with Gasteiger partial charge in [-0.1, -0.05) is 29.8 Å². The summed E-state index contributed by atoms with van der Waals surface area (Å²) >= 11 is 5.58. The maximum absolute atomic E-state index is 12.8. The number of aryl methyl sites for hydroxylation is 2. The summed E-state index contributed by atoms with van der Waals surface area (Å²) in [7, 11) is 0. The molecule has 0 aliphatic heterocycles. The highest BCUT2D eigenvalue weighted by atomic mass is 35.5. The lowest BCUT2D eigenvalue weighted by atomic mass is 10.0. The van der Waals surface area contributed by atoms with Crippen molar-refractivity contribution < 1.29 is 18.0 Å². The van der Waals surface area contributed by atoms with Gasteiger partial charge in [-0.25, -0.2) is 0 Å². The number of nitrogens with zero attached hydrogens (tertiary/aromatic N) is 1. The van der Waals surface area contributed by atoms with Gasteiger partial charge in [0.25, 0.3) is 5.56 Å². The molecule has 1 N–H and O–H groups in total. The third kappa shape index (κ3) is 4.66. The Labute approximate surface area is 153 Å². The fraction of sp³-hybridized carbons (Fsp3) is 0.333. The zero-order chi connectivity index (χ0) is 19.6. The summed E-state index contributed by atoms with van der Waals surface area (Å²) in [6.45, 7) is 5.10. The van der Waals surface area contributed by atoms with Crippen molar-refractivity contribution in [1.82, 2.24) is 9.88 Å². The molecule has 2 aromatic rings. The van der Waals surface area contributed by atoms with Crippen LogP contribution in [0.3, 0.4) is 0 Å². The highest BCUT2D eigenvalue weighted by molar-refractivity contribution is 6.30. The van der Waals surface area contributed by atoms with Crippen LogP contribution >= 0.6 is 11.6 Å². The van der Waals surface area contributed by atoms with Crippen molar-refractivity contribution in [2.24, 2.45) is 0 Å². The maximum Gasteiger partial charge on any atom is 0.417 e. The number of pyridine rings is 1. The van der Waals surface area contributed by atoms with Gasteiger partial charge in [-0.05, 0) is 43.5 Å². The molecule has 1 atom stereocenters. The highest BCUT2D eigenvalue weighted by Gasteiger charge is 2.32. The third-order valence-corrected chi connectivity index (χ3v) is 4.36. The van der Waals surface area contributed by atoms with E-state index in [-0.39, 0.29) is 6.04 Å². The van der Waals surface area contributed by atoms with Crippen LogP contribution in [0.15, 0.2) is 35.3 Å². The number of carbonyl (C=O) groups excluding carboxylic acids is 1. The van der Waals surface area contributed by atoms with Crippen LogP contribution in [-0.2, 0) is 17.5 Å². The summed E-state index contributed by atoms with van der Waals surface area (Å²) in [6.07, 6.45) is -4.07. The second kappa shape index (κ2) is 7.53. The smallest absolute Gasteiger partial charge is 0.348 e. The summed E-state index contributed by atoms with van der Waals surface area (Å²) < 4.78 is 39.2. The zero-order valence-corrected chi connectivity index (χ0v) is 15.2. The number of hydrogen-bond acceptors (Lipinski definition) is 2. The van der Waals surface area contributed by atoms with Gasteiger partial charge in [0.2, 0.25) is 5.91 Å². The molecule has 140 valence electrons. The minimum Gasteiger partial charge on any atom is -0.348 e. The Morgan fingerprint density at radius 1 is 1.23 bits per heavy atom. The summed E-state index contributed by atoms with van der Waals surface area (Å²) in [5.74, 6) is -0.590. The number of amides is 1. The van der Waals surface area contributed by atoms with Gasteiger partial charge in [0, 0.05) is 6.20 Å². The average Bonchev–Trinajstić information content (AvgIpc) is 2.53. The Bertz CT molecular complexity index is 891. The third-order valence-electron chi connectivity index (χ3n) is 4.09. The fourth-order valence-corrected chi connectivity index (χ4v) is 2.66. The van der Waals surface area contributed by atoms with Crippen LogP contribution in [-0.4, -0.2) is 10.5 Å². The largest absolute Gasteiger partial charge is 0.417 e. The number of halogens is 4. The molecule has 0 aliphatic rings. The lowest BCUT2D eigenvalue weighted by Gasteiger charge is -2.17. The maximum atomic E-state index is 12.8. The number of aromatic nitrogens is 1. The van der Waals surface area contributed by atoms with Crippen molar-refractivity contribution in [1.29, 1.82) is 0 Å². The number of alkyl halides is 3. The standard InChI is InChI=1S/C18H18ClF3N2O2/c1-10-4-5-13(6-11(10)2)12(3)23-16(25)9-24-8-14(18(20,21)22)7-15(19)17(24)26/h4-8,12H,9H2,1-3H3,(H,23,25)/t12-/m1/s1. The van der Waals surface area contributed by atoms with Crippen molar-refractivity contribution in [3.05, 3.63) is 68.1 Å². The molecule has 0 unspecified atom stereocenters. The van der Waals surface area contributed by atoms with Crippen LogP contribution in [0, 0.1) is 13.8 Å². The minimum absolute atomic E-state index is 0.362. The first-order chi connectivity index (χ1) is 12.0. The predicted octanol–water partition coefficient (Wildman–Crippen LogP) is 4.01. The average molecular weight is 387 g/mol. The topological polar surface area (TPSA) is 51.1 Å². The van der Waals surface area contributed by atoms with E-state index in [4.69, 9.17) is 11.6 Å². The van der Waals surface area contributed by atoms with Crippen molar-refractivity contribution >= 4 is 17.5 Å². The summed E-state index contributed by atoms with van der Waals surface area (Å²) in [6, 6.07) is 5.90. The molecule has 1 heterocycles. The number of benzene rings is 1. The van der Waals surface area contributed by atoms with Crippen LogP contribution in [0.2, 0.25) is 5.02 Å². The molecule has 0 saturated heterocycles. The minimum atomic E-state index is -4.66. The monoisotopic (exact) mass is 386 g/mol. The Kier molecular flexibility index (Phi) is 5.81. The molecule has 0 radical (unpaired) electrons. The molecule has 8 heteroatoms. The summed E-state index contributed by atoms with van der Waals surface area (Å²) in [5, 5.41) is 2.09. The highest BCUT2D eigenvalue weighted by Crippen LogP contribution is 2.29. The zero-order valence-electron chi connectivity index (χ0n) is 14.4. The molecular weight excluding hydrogens is 369 g/mol. The lowest BCUT2D eigenvalue weighted by molar-refractivity contribution is -0.138. The number of nitrogens with one attached hydrogen (secondary N) is 1. The van der Waals surface area contributed by atoms with Gasteiger partial charge in [0.05, 0.1) is 11.6 Å². The number of rotatable bonds is 4. The van der Waals surface area contributed by atoms with Crippen LogP contribution < -0.4 is 10.9 Å². The van der Waals surface area contributed by atoms with E-state index in [9.17, 15) is 22.8 Å². The first-order valence-electron chi connectivity index (χ1n) is 7.82. The van der Waals surface area contributed by atoms with Crippen LogP contribution in [0.1, 0.15) is 35.2 Å². The SMILES string of the molecule is Cc1ccc([C@@H](C)NC(=O)Cn2cc(C(F)(F)F)cc(Cl)c2=O)cc1C. The van der Waals surface area contributed by atoms with E-state index in [0.717, 1.165) is 16.7 Å². The first kappa shape index (κ1) is 20.0. The quantitative estimate of drug-likeness (QED) is 0.863. The van der Waals surface area contributed by atoms with Gasteiger partial charge in [0.15, 0.2) is 0 Å². The summed E-state index contributed by atoms with van der Waals surface area (Å²) in [4.78, 5) is 24.1. The molecule has 1 aromatic heterocycles. The molecule has 4 nitrogen and oxygen atoms in total. The lowest BCUT2D eigenvalue weighted by Crippen LogP contribution is -2.34.